The standard InChI is InChI=1S/C34H34FN3O5S/c1-20-36-29(18-38(20)4)44(41,42)33-24-11-8-12-27(39)32(24)37-26-16-34(2,3)17-28(40)31(26)30(33)23-14-13-22(15-25(23)35)43-19-21-9-6-5-7-10-21/h5-15,18,30,33,37,39H,16-17,19H2,1-4H3. The van der Waals surface area contributed by atoms with E-state index in [0.717, 1.165) is 5.56 Å². The quantitative estimate of drug-likeness (QED) is 0.238. The molecule has 10 heteroatoms. The van der Waals surface area contributed by atoms with E-state index in [9.17, 15) is 18.3 Å². The fourth-order valence-corrected chi connectivity index (χ4v) is 8.27. The molecular weight excluding hydrogens is 581 g/mol. The second kappa shape index (κ2) is 10.9. The number of carbonyl (C=O) groups excluding carboxylic acids is 1. The fourth-order valence-electron chi connectivity index (χ4n) is 6.27. The van der Waals surface area contributed by atoms with E-state index in [0.29, 0.717) is 17.9 Å². The first-order valence-electron chi connectivity index (χ1n) is 14.4. The number of fused-ring (bicyclic) bond motifs is 1. The number of nitrogens with one attached hydrogen (secondary N) is 1. The molecule has 2 aliphatic rings. The Bertz CT molecular complexity index is 1890. The number of ether oxygens (including phenoxy) is 1. The maximum atomic E-state index is 16.3. The molecule has 0 amide bonds. The highest BCUT2D eigenvalue weighted by atomic mass is 32.2. The van der Waals surface area contributed by atoms with E-state index < -0.39 is 32.2 Å². The summed E-state index contributed by atoms with van der Waals surface area (Å²) in [4.78, 5) is 18.3. The first-order chi connectivity index (χ1) is 20.9. The molecule has 0 spiro atoms. The number of Topliss-reactive ketones (excluding diaryl/α,β-unsaturated/α-hetero) is 1. The first kappa shape index (κ1) is 29.6. The van der Waals surface area contributed by atoms with Gasteiger partial charge in [-0.25, -0.2) is 17.8 Å². The zero-order valence-electron chi connectivity index (χ0n) is 25.0. The van der Waals surface area contributed by atoms with Crippen molar-refractivity contribution in [3.8, 4) is 11.5 Å². The normalized spacial score (nSPS) is 19.5. The summed E-state index contributed by atoms with van der Waals surface area (Å²) in [7, 11) is -2.67. The number of halogens is 1. The van der Waals surface area contributed by atoms with Crippen LogP contribution >= 0.6 is 0 Å². The van der Waals surface area contributed by atoms with Gasteiger partial charge in [0.15, 0.2) is 10.8 Å². The summed E-state index contributed by atoms with van der Waals surface area (Å²) >= 11 is 0. The van der Waals surface area contributed by atoms with Crippen LogP contribution in [-0.2, 0) is 28.3 Å². The molecule has 0 saturated carbocycles. The number of aromatic nitrogens is 2. The number of phenolic OH excluding ortho intramolecular Hbond substituents is 1. The van der Waals surface area contributed by atoms with Crippen molar-refractivity contribution in [2.24, 2.45) is 12.5 Å². The van der Waals surface area contributed by atoms with Crippen molar-refractivity contribution in [2.75, 3.05) is 5.32 Å². The van der Waals surface area contributed by atoms with Crippen LogP contribution in [0, 0.1) is 18.2 Å². The number of nitrogens with zero attached hydrogens (tertiary/aromatic N) is 2. The van der Waals surface area contributed by atoms with Gasteiger partial charge in [-0.05, 0) is 47.6 Å². The molecule has 6 rings (SSSR count). The highest BCUT2D eigenvalue weighted by molar-refractivity contribution is 7.91. The molecule has 3 aromatic carbocycles. The van der Waals surface area contributed by atoms with Crippen molar-refractivity contribution in [1.29, 1.82) is 0 Å². The van der Waals surface area contributed by atoms with Gasteiger partial charge in [0.05, 0.1) is 5.69 Å². The summed E-state index contributed by atoms with van der Waals surface area (Å²) in [5.41, 5.74) is 1.57. The van der Waals surface area contributed by atoms with Crippen LogP contribution in [0.2, 0.25) is 0 Å². The van der Waals surface area contributed by atoms with Gasteiger partial charge in [-0.1, -0.05) is 62.4 Å². The van der Waals surface area contributed by atoms with Crippen molar-refractivity contribution in [3.63, 3.8) is 0 Å². The highest BCUT2D eigenvalue weighted by Crippen LogP contribution is 2.55. The first-order valence-corrected chi connectivity index (χ1v) is 16.0. The van der Waals surface area contributed by atoms with Gasteiger partial charge in [0, 0.05) is 42.9 Å². The zero-order valence-corrected chi connectivity index (χ0v) is 25.8. The minimum absolute atomic E-state index is 0.0387. The average molecular weight is 616 g/mol. The number of aryl methyl sites for hydroxylation is 2. The maximum absolute atomic E-state index is 16.3. The topological polar surface area (TPSA) is 111 Å². The van der Waals surface area contributed by atoms with Crippen molar-refractivity contribution in [1.82, 2.24) is 9.55 Å². The van der Waals surface area contributed by atoms with E-state index >= 15 is 4.39 Å². The number of sulfone groups is 1. The average Bonchev–Trinajstić information content (AvgIpc) is 3.23. The molecule has 2 N–H and O–H groups in total. The van der Waals surface area contributed by atoms with Crippen molar-refractivity contribution in [3.05, 3.63) is 113 Å². The predicted molar refractivity (Wildman–Crippen MR) is 165 cm³/mol. The minimum Gasteiger partial charge on any atom is -0.506 e. The third-order valence-corrected chi connectivity index (χ3v) is 10.4. The maximum Gasteiger partial charge on any atom is 0.205 e. The van der Waals surface area contributed by atoms with Crippen molar-refractivity contribution >= 4 is 21.3 Å². The van der Waals surface area contributed by atoms with Gasteiger partial charge in [0.1, 0.15) is 35.0 Å². The van der Waals surface area contributed by atoms with Crippen LogP contribution < -0.4 is 10.1 Å². The molecule has 228 valence electrons. The Morgan fingerprint density at radius 3 is 2.50 bits per heavy atom. The molecule has 4 aromatic rings. The molecule has 0 radical (unpaired) electrons. The molecule has 8 nitrogen and oxygen atoms in total. The number of aromatic hydroxyl groups is 1. The summed E-state index contributed by atoms with van der Waals surface area (Å²) in [5.74, 6) is -1.64. The smallest absolute Gasteiger partial charge is 0.205 e. The molecule has 1 aromatic heterocycles. The van der Waals surface area contributed by atoms with Crippen LogP contribution in [0.5, 0.6) is 11.5 Å². The monoisotopic (exact) mass is 615 g/mol. The Morgan fingerprint density at radius 2 is 1.82 bits per heavy atom. The summed E-state index contributed by atoms with van der Waals surface area (Å²) in [6.45, 7) is 5.81. The SMILES string of the molecule is Cc1nc(S(=O)(=O)C2c3cccc(O)c3NC3=C(C(=O)CC(C)(C)C3)C2c2ccc(OCc3ccccc3)cc2F)cn1C. The molecule has 0 saturated heterocycles. The van der Waals surface area contributed by atoms with Gasteiger partial charge in [-0.3, -0.25) is 4.79 Å². The fraction of sp³-hybridized carbons (Fsp3) is 0.294. The predicted octanol–water partition coefficient (Wildman–Crippen LogP) is 6.52. The molecule has 1 aliphatic heterocycles. The van der Waals surface area contributed by atoms with Crippen LogP contribution in [0.25, 0.3) is 0 Å². The van der Waals surface area contributed by atoms with E-state index in [-0.39, 0.29) is 57.7 Å². The van der Waals surface area contributed by atoms with Crippen LogP contribution in [0.4, 0.5) is 10.1 Å². The summed E-state index contributed by atoms with van der Waals surface area (Å²) in [5, 5.41) is 12.5. The molecule has 1 aliphatic carbocycles. The number of rotatable bonds is 6. The number of hydrogen-bond donors (Lipinski definition) is 2. The third-order valence-electron chi connectivity index (χ3n) is 8.46. The lowest BCUT2D eigenvalue weighted by Crippen LogP contribution is -2.32. The number of benzene rings is 3. The second-order valence-electron chi connectivity index (χ2n) is 12.3. The molecule has 0 fully saturated rings. The molecule has 2 unspecified atom stereocenters. The Morgan fingerprint density at radius 1 is 1.07 bits per heavy atom. The Labute approximate surface area is 256 Å². The van der Waals surface area contributed by atoms with Gasteiger partial charge in [0.2, 0.25) is 9.84 Å². The van der Waals surface area contributed by atoms with Crippen LogP contribution in [0.15, 0.2) is 89.2 Å². The third kappa shape index (κ3) is 5.27. The number of hydrogen-bond acceptors (Lipinski definition) is 7. The van der Waals surface area contributed by atoms with Gasteiger partial charge < -0.3 is 19.7 Å². The highest BCUT2D eigenvalue weighted by Gasteiger charge is 2.49. The van der Waals surface area contributed by atoms with E-state index in [2.05, 4.69) is 10.3 Å². The lowest BCUT2D eigenvalue weighted by molar-refractivity contribution is -0.118. The van der Waals surface area contributed by atoms with Crippen molar-refractivity contribution in [2.45, 2.75) is 56.4 Å². The lowest BCUT2D eigenvalue weighted by Gasteiger charge is -2.35. The largest absolute Gasteiger partial charge is 0.506 e. The number of para-hydroxylation sites is 1. The number of anilines is 1. The zero-order chi connectivity index (χ0) is 31.4. The Kier molecular flexibility index (Phi) is 7.36. The molecular formula is C34H34FN3O5S. The number of ketones is 1. The number of imidazole rings is 1. The minimum atomic E-state index is -4.36. The Balaban J connectivity index is 1.57. The van der Waals surface area contributed by atoms with E-state index in [4.69, 9.17) is 4.74 Å². The van der Waals surface area contributed by atoms with Crippen LogP contribution in [0.3, 0.4) is 0 Å². The van der Waals surface area contributed by atoms with E-state index in [1.54, 1.807) is 36.7 Å². The van der Waals surface area contributed by atoms with Crippen molar-refractivity contribution < 1.29 is 27.4 Å². The van der Waals surface area contributed by atoms with Crippen LogP contribution in [0.1, 0.15) is 60.4 Å². The van der Waals surface area contributed by atoms with Gasteiger partial charge >= 0.3 is 0 Å². The summed E-state index contributed by atoms with van der Waals surface area (Å²) in [6, 6.07) is 18.4. The summed E-state index contributed by atoms with van der Waals surface area (Å²) in [6.07, 6.45) is 1.97. The van der Waals surface area contributed by atoms with E-state index in [1.165, 1.54) is 24.4 Å². The molecule has 0 bridgehead atoms. The second-order valence-corrected chi connectivity index (χ2v) is 14.4. The van der Waals surface area contributed by atoms with E-state index in [1.807, 2.05) is 44.2 Å². The molecule has 44 heavy (non-hydrogen) atoms. The number of carbonyl (C=O) groups is 1. The Hall–Kier alpha value is -4.44. The molecule has 2 heterocycles. The number of phenols is 1. The molecule has 2 atom stereocenters. The van der Waals surface area contributed by atoms with Gasteiger partial charge in [0.25, 0.3) is 0 Å². The van der Waals surface area contributed by atoms with Crippen LogP contribution in [-0.4, -0.2) is 28.9 Å². The van der Waals surface area contributed by atoms with Gasteiger partial charge in [-0.2, -0.15) is 0 Å². The van der Waals surface area contributed by atoms with Gasteiger partial charge in [-0.15, -0.1) is 0 Å². The summed E-state index contributed by atoms with van der Waals surface area (Å²) < 4.78 is 53.1. The lowest BCUT2D eigenvalue weighted by atomic mass is 9.71. The number of allylic oxidation sites excluding steroid dienone is 2.